The van der Waals surface area contributed by atoms with E-state index in [1.54, 1.807) is 0 Å². The number of carbonyl (C=O) groups is 1. The first-order chi connectivity index (χ1) is 8.50. The molecule has 1 aliphatic heterocycles. The lowest BCUT2D eigenvalue weighted by atomic mass is 9.96. The van der Waals surface area contributed by atoms with Crippen LogP contribution in [0.3, 0.4) is 0 Å². The van der Waals surface area contributed by atoms with E-state index in [9.17, 15) is 4.79 Å². The first-order valence-corrected chi connectivity index (χ1v) is 6.83. The van der Waals surface area contributed by atoms with Crippen LogP contribution < -0.4 is 5.73 Å². The smallest absolute Gasteiger partial charge is 0.248 e. The molecule has 5 heteroatoms. The Kier molecular flexibility index (Phi) is 6.05. The summed E-state index contributed by atoms with van der Waals surface area (Å²) < 4.78 is 5.49. The van der Waals surface area contributed by atoms with Crippen LogP contribution in [-0.4, -0.2) is 67.7 Å². The van der Waals surface area contributed by atoms with Gasteiger partial charge in [0.1, 0.15) is 6.61 Å². The van der Waals surface area contributed by atoms with Gasteiger partial charge in [0, 0.05) is 31.7 Å². The molecule has 0 aromatic heterocycles. The van der Waals surface area contributed by atoms with E-state index < -0.39 is 0 Å². The Labute approximate surface area is 110 Å². The second-order valence-corrected chi connectivity index (χ2v) is 5.25. The third-order valence-corrected chi connectivity index (χ3v) is 3.88. The zero-order chi connectivity index (χ0) is 13.6. The summed E-state index contributed by atoms with van der Waals surface area (Å²) >= 11 is 0. The van der Waals surface area contributed by atoms with Crippen LogP contribution in [0.25, 0.3) is 0 Å². The van der Waals surface area contributed by atoms with Crippen molar-refractivity contribution < 1.29 is 9.53 Å². The Morgan fingerprint density at radius 3 is 2.28 bits per heavy atom. The maximum atomic E-state index is 11.9. The van der Waals surface area contributed by atoms with Crippen molar-refractivity contribution in [3.8, 4) is 0 Å². The Morgan fingerprint density at radius 2 is 1.78 bits per heavy atom. The van der Waals surface area contributed by atoms with Crippen molar-refractivity contribution in [2.24, 2.45) is 5.73 Å². The molecule has 1 heterocycles. The number of likely N-dealkylation sites (N-methyl/N-ethyl adjacent to an activating group) is 1. The number of nitrogens with two attached hydrogens (primary N) is 1. The molecule has 0 unspecified atom stereocenters. The number of amides is 1. The molecular weight excluding hydrogens is 230 g/mol. The minimum Gasteiger partial charge on any atom is -0.370 e. The van der Waals surface area contributed by atoms with Gasteiger partial charge in [-0.25, -0.2) is 0 Å². The van der Waals surface area contributed by atoms with Crippen LogP contribution in [0.4, 0.5) is 0 Å². The lowest BCUT2D eigenvalue weighted by Crippen LogP contribution is -2.49. The fourth-order valence-electron chi connectivity index (χ4n) is 1.94. The summed E-state index contributed by atoms with van der Waals surface area (Å²) in [6, 6.07) is 0. The highest BCUT2D eigenvalue weighted by atomic mass is 16.5. The average Bonchev–Trinajstić information content (AvgIpc) is 2.39. The van der Waals surface area contributed by atoms with Gasteiger partial charge in [-0.1, -0.05) is 13.8 Å². The van der Waals surface area contributed by atoms with E-state index in [1.807, 2.05) is 4.90 Å². The Hall–Kier alpha value is -0.650. The van der Waals surface area contributed by atoms with Gasteiger partial charge in [-0.15, -0.1) is 0 Å². The Morgan fingerprint density at radius 1 is 1.22 bits per heavy atom. The molecule has 18 heavy (non-hydrogen) atoms. The number of piperazine rings is 1. The zero-order valence-electron chi connectivity index (χ0n) is 11.9. The van der Waals surface area contributed by atoms with Gasteiger partial charge in [-0.2, -0.15) is 0 Å². The van der Waals surface area contributed by atoms with E-state index in [0.29, 0.717) is 6.61 Å². The maximum Gasteiger partial charge on any atom is 0.248 e. The molecule has 1 aliphatic rings. The lowest BCUT2D eigenvalue weighted by molar-refractivity contribution is -0.138. The van der Waals surface area contributed by atoms with Gasteiger partial charge < -0.3 is 20.3 Å². The Balaban J connectivity index is 2.25. The Bertz CT molecular complexity index is 259. The largest absolute Gasteiger partial charge is 0.370 e. The molecule has 0 radical (unpaired) electrons. The highest BCUT2D eigenvalue weighted by molar-refractivity contribution is 5.77. The van der Waals surface area contributed by atoms with E-state index in [4.69, 9.17) is 10.5 Å². The second-order valence-electron chi connectivity index (χ2n) is 5.25. The second kappa shape index (κ2) is 7.07. The minimum absolute atomic E-state index is 0.0812. The molecule has 0 spiro atoms. The van der Waals surface area contributed by atoms with Crippen molar-refractivity contribution in [3.63, 3.8) is 0 Å². The molecule has 1 amide bonds. The van der Waals surface area contributed by atoms with Crippen molar-refractivity contribution in [1.29, 1.82) is 0 Å². The monoisotopic (exact) mass is 257 g/mol. The van der Waals surface area contributed by atoms with Gasteiger partial charge >= 0.3 is 0 Å². The fourth-order valence-corrected chi connectivity index (χ4v) is 1.94. The van der Waals surface area contributed by atoms with Crippen molar-refractivity contribution in [1.82, 2.24) is 9.80 Å². The molecule has 1 rings (SSSR count). The number of carbonyl (C=O) groups excluding carboxylic acids is 1. The topological polar surface area (TPSA) is 58.8 Å². The molecule has 1 saturated heterocycles. The average molecular weight is 257 g/mol. The van der Waals surface area contributed by atoms with E-state index in [2.05, 4.69) is 25.8 Å². The fraction of sp³-hybridized carbons (Fsp3) is 0.923. The van der Waals surface area contributed by atoms with Gasteiger partial charge in [0.2, 0.25) is 5.91 Å². The molecule has 0 saturated carbocycles. The SMILES string of the molecule is CCC(N)(CC)COCC(=O)N1CCN(C)CC1. The van der Waals surface area contributed by atoms with Crippen LogP contribution in [-0.2, 0) is 9.53 Å². The molecule has 0 bridgehead atoms. The first-order valence-electron chi connectivity index (χ1n) is 6.83. The number of hydrogen-bond donors (Lipinski definition) is 1. The molecule has 1 fully saturated rings. The number of nitrogens with zero attached hydrogens (tertiary/aromatic N) is 2. The number of ether oxygens (including phenoxy) is 1. The van der Waals surface area contributed by atoms with E-state index in [1.165, 1.54) is 0 Å². The molecular formula is C13H27N3O2. The summed E-state index contributed by atoms with van der Waals surface area (Å²) in [6.45, 7) is 8.20. The van der Waals surface area contributed by atoms with E-state index in [0.717, 1.165) is 39.0 Å². The summed E-state index contributed by atoms with van der Waals surface area (Å²) in [5, 5.41) is 0. The van der Waals surface area contributed by atoms with Crippen LogP contribution in [0.15, 0.2) is 0 Å². The third kappa shape index (κ3) is 4.55. The van der Waals surface area contributed by atoms with Crippen molar-refractivity contribution >= 4 is 5.91 Å². The van der Waals surface area contributed by atoms with Crippen LogP contribution in [0.2, 0.25) is 0 Å². The summed E-state index contributed by atoms with van der Waals surface area (Å²) in [7, 11) is 2.07. The normalized spacial score (nSPS) is 18.1. The molecule has 2 N–H and O–H groups in total. The minimum atomic E-state index is -0.289. The van der Waals surface area contributed by atoms with Gasteiger partial charge in [0.05, 0.1) is 6.61 Å². The first kappa shape index (κ1) is 15.4. The van der Waals surface area contributed by atoms with Crippen molar-refractivity contribution in [3.05, 3.63) is 0 Å². The summed E-state index contributed by atoms with van der Waals surface area (Å²) in [4.78, 5) is 16.0. The maximum absolute atomic E-state index is 11.9. The van der Waals surface area contributed by atoms with Crippen molar-refractivity contribution in [2.75, 3.05) is 46.4 Å². The van der Waals surface area contributed by atoms with Gasteiger partial charge in [-0.05, 0) is 19.9 Å². The predicted octanol–water partition coefficient (Wildman–Crippen LogP) is 0.295. The van der Waals surface area contributed by atoms with Gasteiger partial charge in [0.15, 0.2) is 0 Å². The summed E-state index contributed by atoms with van der Waals surface area (Å²) in [5.74, 6) is 0.0812. The molecule has 5 nitrogen and oxygen atoms in total. The number of rotatable bonds is 6. The molecule has 0 aromatic carbocycles. The quantitative estimate of drug-likeness (QED) is 0.743. The third-order valence-electron chi connectivity index (χ3n) is 3.88. The van der Waals surface area contributed by atoms with Crippen LogP contribution in [0.5, 0.6) is 0 Å². The lowest BCUT2D eigenvalue weighted by Gasteiger charge is -2.33. The highest BCUT2D eigenvalue weighted by Crippen LogP contribution is 2.11. The standard InChI is InChI=1S/C13H27N3O2/c1-4-13(14,5-2)11-18-10-12(17)16-8-6-15(3)7-9-16/h4-11,14H2,1-3H3. The van der Waals surface area contributed by atoms with E-state index in [-0.39, 0.29) is 18.1 Å². The highest BCUT2D eigenvalue weighted by Gasteiger charge is 2.23. The van der Waals surface area contributed by atoms with Crippen LogP contribution >= 0.6 is 0 Å². The molecule has 106 valence electrons. The summed E-state index contributed by atoms with van der Waals surface area (Å²) in [5.41, 5.74) is 5.83. The van der Waals surface area contributed by atoms with E-state index >= 15 is 0 Å². The van der Waals surface area contributed by atoms with Crippen molar-refractivity contribution in [2.45, 2.75) is 32.2 Å². The van der Waals surface area contributed by atoms with Crippen LogP contribution in [0, 0.1) is 0 Å². The van der Waals surface area contributed by atoms with Gasteiger partial charge in [0.25, 0.3) is 0 Å². The summed E-state index contributed by atoms with van der Waals surface area (Å²) in [6.07, 6.45) is 1.73. The molecule has 0 atom stereocenters. The zero-order valence-corrected chi connectivity index (χ0v) is 11.9. The number of hydrogen-bond acceptors (Lipinski definition) is 4. The van der Waals surface area contributed by atoms with Crippen LogP contribution in [0.1, 0.15) is 26.7 Å². The van der Waals surface area contributed by atoms with Gasteiger partial charge in [-0.3, -0.25) is 4.79 Å². The predicted molar refractivity (Wildman–Crippen MR) is 72.4 cm³/mol. The molecule has 0 aromatic rings. The molecule has 0 aliphatic carbocycles.